The van der Waals surface area contributed by atoms with E-state index in [1.807, 2.05) is 66.9 Å². The molecule has 0 fully saturated rings. The minimum atomic E-state index is -0.887. The average molecular weight is 499 g/mol. The second kappa shape index (κ2) is 8.88. The van der Waals surface area contributed by atoms with Crippen molar-refractivity contribution < 1.29 is 4.84 Å². The lowest BCUT2D eigenvalue weighted by atomic mass is 9.92. The van der Waals surface area contributed by atoms with Crippen LogP contribution in [0.2, 0.25) is 0 Å². The van der Waals surface area contributed by atoms with E-state index >= 15 is 0 Å². The number of rotatable bonds is 4. The lowest BCUT2D eigenvalue weighted by molar-refractivity contribution is -0.0311. The van der Waals surface area contributed by atoms with Crippen molar-refractivity contribution in [3.05, 3.63) is 138 Å². The molecule has 2 aliphatic heterocycles. The first-order chi connectivity index (χ1) is 18.7. The first-order valence-corrected chi connectivity index (χ1v) is 12.7. The van der Waals surface area contributed by atoms with Gasteiger partial charge in [0.15, 0.2) is 5.84 Å². The van der Waals surface area contributed by atoms with Crippen LogP contribution in [0.3, 0.4) is 0 Å². The Morgan fingerprint density at radius 1 is 0.842 bits per heavy atom. The number of hydrogen-bond acceptors (Lipinski definition) is 6. The smallest absolute Gasteiger partial charge is 0.243 e. The van der Waals surface area contributed by atoms with Crippen LogP contribution in [0.4, 0.5) is 11.4 Å². The third-order valence-electron chi connectivity index (χ3n) is 7.20. The predicted octanol–water partition coefficient (Wildman–Crippen LogP) is 6.18. The number of anilines is 2. The molecule has 2 atom stereocenters. The lowest BCUT2D eigenvalue weighted by Crippen LogP contribution is -2.47. The Labute approximate surface area is 221 Å². The number of aromatic nitrogens is 3. The van der Waals surface area contributed by atoms with Crippen LogP contribution in [0, 0.1) is 6.92 Å². The van der Waals surface area contributed by atoms with Crippen LogP contribution >= 0.6 is 0 Å². The van der Waals surface area contributed by atoms with Gasteiger partial charge in [-0.1, -0.05) is 95.6 Å². The third-order valence-corrected chi connectivity index (χ3v) is 7.20. The number of hydrogen-bond donors (Lipinski definition) is 1. The molecule has 0 bridgehead atoms. The molecule has 3 heterocycles. The Kier molecular flexibility index (Phi) is 5.21. The number of amidine groups is 1. The van der Waals surface area contributed by atoms with Crippen molar-refractivity contribution in [2.24, 2.45) is 5.16 Å². The Balaban J connectivity index is 1.38. The summed E-state index contributed by atoms with van der Waals surface area (Å²) < 4.78 is 0. The van der Waals surface area contributed by atoms with Crippen LogP contribution in [0.1, 0.15) is 34.8 Å². The van der Waals surface area contributed by atoms with Crippen LogP contribution in [0.25, 0.3) is 5.69 Å². The summed E-state index contributed by atoms with van der Waals surface area (Å²) in [6, 6.07) is 36.8. The molecule has 2 aliphatic rings. The normalized spacial score (nSPS) is 20.0. The minimum Gasteiger partial charge on any atom is -0.375 e. The van der Waals surface area contributed by atoms with Crippen molar-refractivity contribution in [1.29, 1.82) is 0 Å². The Hall–Kier alpha value is -4.91. The summed E-state index contributed by atoms with van der Waals surface area (Å²) in [4.78, 5) is 10.4. The molecule has 1 aromatic heterocycles. The molecule has 0 saturated heterocycles. The maximum Gasteiger partial charge on any atom is 0.243 e. The highest BCUT2D eigenvalue weighted by molar-refractivity contribution is 6.13. The van der Waals surface area contributed by atoms with Crippen LogP contribution in [-0.2, 0) is 10.6 Å². The molecule has 1 N–H and O–H groups in total. The van der Waals surface area contributed by atoms with Crippen LogP contribution in [0.15, 0.2) is 121 Å². The summed E-state index contributed by atoms with van der Waals surface area (Å²) in [7, 11) is 0. The van der Waals surface area contributed by atoms with Crippen molar-refractivity contribution in [2.75, 3.05) is 10.2 Å². The monoisotopic (exact) mass is 498 g/mol. The van der Waals surface area contributed by atoms with Crippen molar-refractivity contribution >= 4 is 17.2 Å². The number of para-hydroxylation sites is 3. The third kappa shape index (κ3) is 3.63. The fraction of sp³-hybridized carbons (Fsp3) is 0.129. The zero-order valence-electron chi connectivity index (χ0n) is 20.9. The van der Waals surface area contributed by atoms with Crippen molar-refractivity contribution in [3.8, 4) is 5.69 Å². The average Bonchev–Trinajstić information content (AvgIpc) is 3.58. The minimum absolute atomic E-state index is 0.189. The van der Waals surface area contributed by atoms with E-state index in [0.29, 0.717) is 6.42 Å². The van der Waals surface area contributed by atoms with Gasteiger partial charge in [-0.3, -0.25) is 4.90 Å². The number of oxime groups is 1. The highest BCUT2D eigenvalue weighted by atomic mass is 16.7. The number of aryl methyl sites for hydroxylation is 1. The molecule has 38 heavy (non-hydrogen) atoms. The molecule has 0 aliphatic carbocycles. The molecule has 186 valence electrons. The van der Waals surface area contributed by atoms with Gasteiger partial charge >= 0.3 is 0 Å². The topological polar surface area (TPSA) is 67.6 Å². The predicted molar refractivity (Wildman–Crippen MR) is 148 cm³/mol. The Morgan fingerprint density at radius 3 is 2.34 bits per heavy atom. The van der Waals surface area contributed by atoms with Gasteiger partial charge < -0.3 is 10.2 Å². The second-order valence-corrected chi connectivity index (χ2v) is 9.67. The SMILES string of the molecule is Cc1ccc(C2=NOC3(c4ccccc4)CC(c4cnn(-c5ccccc5)n4)Nc4ccccc4N23)cc1. The van der Waals surface area contributed by atoms with E-state index in [-0.39, 0.29) is 6.04 Å². The van der Waals surface area contributed by atoms with E-state index in [9.17, 15) is 0 Å². The molecule has 4 aromatic carbocycles. The molecule has 0 spiro atoms. The molecule has 0 amide bonds. The van der Waals surface area contributed by atoms with Crippen molar-refractivity contribution in [2.45, 2.75) is 25.1 Å². The highest BCUT2D eigenvalue weighted by Gasteiger charge is 2.53. The quantitative estimate of drug-likeness (QED) is 0.320. The summed E-state index contributed by atoms with van der Waals surface area (Å²) in [5.41, 5.74) is 6.04. The number of benzene rings is 4. The fourth-order valence-electron chi connectivity index (χ4n) is 5.30. The maximum absolute atomic E-state index is 6.53. The maximum atomic E-state index is 6.53. The molecule has 5 aromatic rings. The van der Waals surface area contributed by atoms with Gasteiger partial charge in [0.05, 0.1) is 29.3 Å². The molecule has 7 rings (SSSR count). The van der Waals surface area contributed by atoms with E-state index in [4.69, 9.17) is 15.1 Å². The molecule has 7 heteroatoms. The van der Waals surface area contributed by atoms with Gasteiger partial charge in [-0.25, -0.2) is 0 Å². The first-order valence-electron chi connectivity index (χ1n) is 12.7. The standard InChI is InChI=1S/C31H26N6O/c1-22-16-18-23(19-17-22)30-35-38-31(24-10-4-2-5-11-24)20-27(33-26-14-8-9-15-29(26)36(30)31)28-21-32-37(34-28)25-12-6-3-7-13-25/h2-19,21,27,33H,20H2,1H3. The summed E-state index contributed by atoms with van der Waals surface area (Å²) in [6.45, 7) is 2.09. The summed E-state index contributed by atoms with van der Waals surface area (Å²) in [6.07, 6.45) is 2.39. The van der Waals surface area contributed by atoms with E-state index in [2.05, 4.69) is 70.8 Å². The van der Waals surface area contributed by atoms with Crippen LogP contribution < -0.4 is 10.2 Å². The number of nitrogens with one attached hydrogen (secondary N) is 1. The fourth-order valence-corrected chi connectivity index (χ4v) is 5.30. The molecule has 0 saturated carbocycles. The highest BCUT2D eigenvalue weighted by Crippen LogP contribution is 2.50. The van der Waals surface area contributed by atoms with Crippen molar-refractivity contribution in [1.82, 2.24) is 15.0 Å². The van der Waals surface area contributed by atoms with E-state index in [1.54, 1.807) is 4.80 Å². The summed E-state index contributed by atoms with van der Waals surface area (Å²) in [5.74, 6) is 0.775. The van der Waals surface area contributed by atoms with Gasteiger partial charge in [-0.15, -0.1) is 0 Å². The van der Waals surface area contributed by atoms with Crippen LogP contribution in [0.5, 0.6) is 0 Å². The summed E-state index contributed by atoms with van der Waals surface area (Å²) >= 11 is 0. The largest absolute Gasteiger partial charge is 0.375 e. The molecular weight excluding hydrogens is 472 g/mol. The molecule has 7 nitrogen and oxygen atoms in total. The van der Waals surface area contributed by atoms with Gasteiger partial charge in [0.2, 0.25) is 5.72 Å². The zero-order chi connectivity index (χ0) is 25.5. The van der Waals surface area contributed by atoms with Crippen LogP contribution in [-0.4, -0.2) is 20.8 Å². The van der Waals surface area contributed by atoms with Crippen molar-refractivity contribution in [3.63, 3.8) is 0 Å². The van der Waals surface area contributed by atoms with Gasteiger partial charge in [-0.05, 0) is 31.2 Å². The second-order valence-electron chi connectivity index (χ2n) is 9.67. The number of fused-ring (bicyclic) bond motifs is 3. The van der Waals surface area contributed by atoms with E-state index in [0.717, 1.165) is 39.7 Å². The van der Waals surface area contributed by atoms with E-state index in [1.165, 1.54) is 5.56 Å². The zero-order valence-corrected chi connectivity index (χ0v) is 20.9. The van der Waals surface area contributed by atoms with Gasteiger partial charge in [0, 0.05) is 17.5 Å². The van der Waals surface area contributed by atoms with Gasteiger partial charge in [-0.2, -0.15) is 15.0 Å². The van der Waals surface area contributed by atoms with E-state index < -0.39 is 5.72 Å². The molecule has 2 unspecified atom stereocenters. The number of nitrogens with zero attached hydrogens (tertiary/aromatic N) is 5. The Bertz CT molecular complexity index is 1610. The van der Waals surface area contributed by atoms with Gasteiger partial charge in [0.1, 0.15) is 5.69 Å². The first kappa shape index (κ1) is 22.3. The Morgan fingerprint density at radius 2 is 1.55 bits per heavy atom. The summed E-state index contributed by atoms with van der Waals surface area (Å²) in [5, 5.41) is 17.9. The van der Waals surface area contributed by atoms with Gasteiger partial charge in [0.25, 0.3) is 0 Å². The lowest BCUT2D eigenvalue weighted by Gasteiger charge is -2.37. The molecular formula is C31H26N6O. The molecule has 0 radical (unpaired) electrons.